The van der Waals surface area contributed by atoms with E-state index in [-0.39, 0.29) is 18.0 Å². The molecule has 0 aliphatic carbocycles. The summed E-state index contributed by atoms with van der Waals surface area (Å²) in [6, 6.07) is 3.97. The van der Waals surface area contributed by atoms with Crippen LogP contribution < -0.4 is 5.73 Å². The molecule has 1 fully saturated rings. The Morgan fingerprint density at radius 3 is 3.00 bits per heavy atom. The average molecular weight is 210 g/mol. The number of thiophene rings is 1. The number of carbonyl (C=O) groups excluding carboxylic acids is 1. The molecule has 1 amide bonds. The minimum Gasteiger partial charge on any atom is -0.334 e. The van der Waals surface area contributed by atoms with Crippen molar-refractivity contribution >= 4 is 17.2 Å². The van der Waals surface area contributed by atoms with Crippen molar-refractivity contribution in [1.82, 2.24) is 4.90 Å². The lowest BCUT2D eigenvalue weighted by atomic mass is 10.2. The third-order valence-corrected chi connectivity index (χ3v) is 3.75. The van der Waals surface area contributed by atoms with Crippen LogP contribution in [0.1, 0.15) is 24.3 Å². The van der Waals surface area contributed by atoms with E-state index >= 15 is 0 Å². The molecule has 0 saturated carbocycles. The van der Waals surface area contributed by atoms with Crippen LogP contribution in [0.5, 0.6) is 0 Å². The summed E-state index contributed by atoms with van der Waals surface area (Å²) in [5.41, 5.74) is 5.67. The van der Waals surface area contributed by atoms with E-state index in [2.05, 4.69) is 13.0 Å². The van der Waals surface area contributed by atoms with Crippen molar-refractivity contribution in [3.63, 3.8) is 0 Å². The first-order valence-electron chi connectivity index (χ1n) is 4.79. The van der Waals surface area contributed by atoms with E-state index in [9.17, 15) is 4.79 Å². The molecule has 2 unspecified atom stereocenters. The van der Waals surface area contributed by atoms with Gasteiger partial charge < -0.3 is 10.6 Å². The van der Waals surface area contributed by atoms with Gasteiger partial charge >= 0.3 is 0 Å². The third-order valence-electron chi connectivity index (χ3n) is 2.70. The first-order valence-corrected chi connectivity index (χ1v) is 5.67. The lowest BCUT2D eigenvalue weighted by Crippen LogP contribution is -2.35. The molecular formula is C10H14N2OS. The van der Waals surface area contributed by atoms with Gasteiger partial charge in [0.05, 0.1) is 12.1 Å². The molecule has 2 atom stereocenters. The van der Waals surface area contributed by atoms with Gasteiger partial charge in [0.25, 0.3) is 0 Å². The number of nitrogens with zero attached hydrogens (tertiary/aromatic N) is 1. The molecule has 1 aliphatic heterocycles. The molecule has 1 aromatic rings. The second kappa shape index (κ2) is 3.71. The van der Waals surface area contributed by atoms with Crippen molar-refractivity contribution in [2.45, 2.75) is 25.4 Å². The lowest BCUT2D eigenvalue weighted by Gasteiger charge is -2.23. The second-order valence-electron chi connectivity index (χ2n) is 3.62. The summed E-state index contributed by atoms with van der Waals surface area (Å²) in [4.78, 5) is 14.7. The number of likely N-dealkylation sites (tertiary alicyclic amines) is 1. The van der Waals surface area contributed by atoms with Gasteiger partial charge in [-0.25, -0.2) is 0 Å². The number of rotatable bonds is 2. The SMILES string of the molecule is CC(c1cccs1)N1CCC(N)C1=O. The molecular weight excluding hydrogens is 196 g/mol. The van der Waals surface area contributed by atoms with Crippen molar-refractivity contribution in [3.8, 4) is 0 Å². The predicted molar refractivity (Wildman–Crippen MR) is 57.0 cm³/mol. The Kier molecular flexibility index (Phi) is 2.56. The van der Waals surface area contributed by atoms with Gasteiger partial charge in [-0.15, -0.1) is 11.3 Å². The summed E-state index contributed by atoms with van der Waals surface area (Å²) >= 11 is 1.69. The Balaban J connectivity index is 2.13. The van der Waals surface area contributed by atoms with E-state index in [1.807, 2.05) is 16.3 Å². The van der Waals surface area contributed by atoms with Crippen molar-refractivity contribution in [1.29, 1.82) is 0 Å². The molecule has 76 valence electrons. The highest BCUT2D eigenvalue weighted by molar-refractivity contribution is 7.10. The topological polar surface area (TPSA) is 46.3 Å². The highest BCUT2D eigenvalue weighted by atomic mass is 32.1. The van der Waals surface area contributed by atoms with E-state index in [0.29, 0.717) is 0 Å². The Bertz CT molecular complexity index is 323. The van der Waals surface area contributed by atoms with Gasteiger partial charge in [0, 0.05) is 11.4 Å². The second-order valence-corrected chi connectivity index (χ2v) is 4.60. The molecule has 14 heavy (non-hydrogen) atoms. The van der Waals surface area contributed by atoms with Crippen molar-refractivity contribution in [2.24, 2.45) is 5.73 Å². The van der Waals surface area contributed by atoms with Crippen LogP contribution in [-0.2, 0) is 4.79 Å². The minimum absolute atomic E-state index is 0.0888. The fourth-order valence-electron chi connectivity index (χ4n) is 1.79. The van der Waals surface area contributed by atoms with Crippen LogP contribution in [0.25, 0.3) is 0 Å². The number of hydrogen-bond donors (Lipinski definition) is 1. The van der Waals surface area contributed by atoms with Gasteiger partial charge in [-0.3, -0.25) is 4.79 Å². The molecule has 4 heteroatoms. The van der Waals surface area contributed by atoms with Gasteiger partial charge in [-0.1, -0.05) is 6.07 Å². The predicted octanol–water partition coefficient (Wildman–Crippen LogP) is 1.37. The van der Waals surface area contributed by atoms with Crippen LogP contribution in [0.15, 0.2) is 17.5 Å². The maximum atomic E-state index is 11.6. The summed E-state index contributed by atoms with van der Waals surface area (Å²) in [5, 5.41) is 2.03. The molecule has 2 N–H and O–H groups in total. The van der Waals surface area contributed by atoms with E-state index < -0.39 is 0 Å². The van der Waals surface area contributed by atoms with Gasteiger partial charge in [0.2, 0.25) is 5.91 Å². The van der Waals surface area contributed by atoms with Crippen LogP contribution in [-0.4, -0.2) is 23.4 Å². The standard InChI is InChI=1S/C10H14N2OS/c1-7(9-3-2-6-14-9)12-5-4-8(11)10(12)13/h2-3,6-8H,4-5,11H2,1H3. The van der Waals surface area contributed by atoms with Gasteiger partial charge in [-0.05, 0) is 24.8 Å². The Morgan fingerprint density at radius 2 is 2.50 bits per heavy atom. The third kappa shape index (κ3) is 1.55. The summed E-state index contributed by atoms with van der Waals surface area (Å²) < 4.78 is 0. The zero-order chi connectivity index (χ0) is 10.1. The van der Waals surface area contributed by atoms with Gasteiger partial charge in [0.1, 0.15) is 0 Å². The zero-order valence-electron chi connectivity index (χ0n) is 8.14. The highest BCUT2D eigenvalue weighted by Gasteiger charge is 2.32. The molecule has 3 nitrogen and oxygen atoms in total. The number of carbonyl (C=O) groups is 1. The molecule has 2 heterocycles. The van der Waals surface area contributed by atoms with Gasteiger partial charge in [-0.2, -0.15) is 0 Å². The lowest BCUT2D eigenvalue weighted by molar-refractivity contribution is -0.130. The maximum absolute atomic E-state index is 11.6. The Morgan fingerprint density at radius 1 is 1.71 bits per heavy atom. The number of nitrogens with two attached hydrogens (primary N) is 1. The number of hydrogen-bond acceptors (Lipinski definition) is 3. The monoisotopic (exact) mass is 210 g/mol. The quantitative estimate of drug-likeness (QED) is 0.801. The molecule has 0 spiro atoms. The normalized spacial score (nSPS) is 24.3. The first kappa shape index (κ1) is 9.68. The van der Waals surface area contributed by atoms with Crippen LogP contribution in [0.3, 0.4) is 0 Å². The highest BCUT2D eigenvalue weighted by Crippen LogP contribution is 2.27. The van der Waals surface area contributed by atoms with Gasteiger partial charge in [0.15, 0.2) is 0 Å². The molecule has 0 aromatic carbocycles. The van der Waals surface area contributed by atoms with E-state index in [1.165, 1.54) is 4.88 Å². The van der Waals surface area contributed by atoms with Crippen molar-refractivity contribution in [2.75, 3.05) is 6.54 Å². The van der Waals surface area contributed by atoms with Crippen LogP contribution in [0.2, 0.25) is 0 Å². The summed E-state index contributed by atoms with van der Waals surface area (Å²) in [6.45, 7) is 2.85. The molecule has 2 rings (SSSR count). The average Bonchev–Trinajstić information content (AvgIpc) is 2.77. The van der Waals surface area contributed by atoms with E-state index in [0.717, 1.165) is 13.0 Å². The van der Waals surface area contributed by atoms with E-state index in [4.69, 9.17) is 5.73 Å². The largest absolute Gasteiger partial charge is 0.334 e. The fourth-order valence-corrected chi connectivity index (χ4v) is 2.59. The molecule has 1 saturated heterocycles. The summed E-state index contributed by atoms with van der Waals surface area (Å²) in [5.74, 6) is 0.0888. The molecule has 0 bridgehead atoms. The fraction of sp³-hybridized carbons (Fsp3) is 0.500. The Labute approximate surface area is 87.5 Å². The zero-order valence-corrected chi connectivity index (χ0v) is 8.96. The number of amides is 1. The smallest absolute Gasteiger partial charge is 0.240 e. The van der Waals surface area contributed by atoms with Crippen LogP contribution in [0.4, 0.5) is 0 Å². The van der Waals surface area contributed by atoms with Crippen LogP contribution in [0, 0.1) is 0 Å². The first-order chi connectivity index (χ1) is 6.70. The van der Waals surface area contributed by atoms with Crippen molar-refractivity contribution < 1.29 is 4.79 Å². The van der Waals surface area contributed by atoms with Crippen molar-refractivity contribution in [3.05, 3.63) is 22.4 Å². The maximum Gasteiger partial charge on any atom is 0.240 e. The summed E-state index contributed by atoms with van der Waals surface area (Å²) in [6.07, 6.45) is 0.786. The van der Waals surface area contributed by atoms with E-state index in [1.54, 1.807) is 11.3 Å². The Hall–Kier alpha value is -0.870. The van der Waals surface area contributed by atoms with Crippen LogP contribution >= 0.6 is 11.3 Å². The molecule has 0 radical (unpaired) electrons. The summed E-state index contributed by atoms with van der Waals surface area (Å²) in [7, 11) is 0. The minimum atomic E-state index is -0.280. The molecule has 1 aliphatic rings. The molecule has 1 aromatic heterocycles.